The van der Waals surface area contributed by atoms with Gasteiger partial charge in [-0.3, -0.25) is 4.79 Å². The third-order valence-corrected chi connectivity index (χ3v) is 6.74. The number of carbonyl (C=O) groups excluding carboxylic acids is 1. The van der Waals surface area contributed by atoms with Crippen LogP contribution in [0.4, 0.5) is 11.6 Å². The quantitative estimate of drug-likeness (QED) is 0.435. The molecule has 2 fully saturated rings. The standard InChI is InChI=1S/C29H31N5O5/c1-3-38-23-17-34(18-23)28(35)24-6-5-21(15-27(24)36-2)32-29-31-11-8-25(33-29)19-4-7-26(20(14-19)16-30)39-22-9-12-37-13-10-22/h4-8,11,14-15,22-23H,3,9-10,12-13,17-18H2,1-2H3,(H,31,32,33). The lowest BCUT2D eigenvalue weighted by Gasteiger charge is -2.38. The Hall–Kier alpha value is -4.20. The summed E-state index contributed by atoms with van der Waals surface area (Å²) in [4.78, 5) is 23.6. The molecule has 0 saturated carbocycles. The van der Waals surface area contributed by atoms with Crippen molar-refractivity contribution >= 4 is 17.5 Å². The van der Waals surface area contributed by atoms with Gasteiger partial charge in [-0.1, -0.05) is 0 Å². The van der Waals surface area contributed by atoms with Gasteiger partial charge in [0.05, 0.1) is 43.2 Å². The zero-order valence-corrected chi connectivity index (χ0v) is 22.1. The first kappa shape index (κ1) is 26.4. The summed E-state index contributed by atoms with van der Waals surface area (Å²) >= 11 is 0. The smallest absolute Gasteiger partial charge is 0.257 e. The molecule has 5 rings (SSSR count). The van der Waals surface area contributed by atoms with Crippen molar-refractivity contribution in [2.45, 2.75) is 32.0 Å². The van der Waals surface area contributed by atoms with Crippen LogP contribution < -0.4 is 14.8 Å². The molecule has 0 radical (unpaired) electrons. The Morgan fingerprint density at radius 1 is 1.13 bits per heavy atom. The number of likely N-dealkylation sites (tertiary alicyclic amines) is 1. The van der Waals surface area contributed by atoms with Crippen LogP contribution >= 0.6 is 0 Å². The van der Waals surface area contributed by atoms with Crippen molar-refractivity contribution in [3.8, 4) is 28.8 Å². The fourth-order valence-electron chi connectivity index (χ4n) is 4.62. The molecule has 10 nitrogen and oxygen atoms in total. The molecule has 1 amide bonds. The maximum atomic E-state index is 12.9. The fraction of sp³-hybridized carbons (Fsp3) is 0.379. The van der Waals surface area contributed by atoms with Gasteiger partial charge in [0.15, 0.2) is 0 Å². The molecular weight excluding hydrogens is 498 g/mol. The van der Waals surface area contributed by atoms with E-state index in [1.807, 2.05) is 19.1 Å². The van der Waals surface area contributed by atoms with E-state index in [1.54, 1.807) is 41.4 Å². The van der Waals surface area contributed by atoms with Gasteiger partial charge in [-0.15, -0.1) is 0 Å². The average Bonchev–Trinajstić information content (AvgIpc) is 2.95. The summed E-state index contributed by atoms with van der Waals surface area (Å²) in [5.41, 5.74) is 3.04. The molecule has 2 saturated heterocycles. The predicted molar refractivity (Wildman–Crippen MR) is 144 cm³/mol. The normalized spacial score (nSPS) is 15.8. The highest BCUT2D eigenvalue weighted by Gasteiger charge is 2.32. The SMILES string of the molecule is CCOC1CN(C(=O)c2ccc(Nc3nccc(-c4ccc(OC5CCOCC5)c(C#N)c4)n3)cc2OC)C1. The first-order valence-electron chi connectivity index (χ1n) is 13.1. The van der Waals surface area contributed by atoms with Crippen molar-refractivity contribution in [3.05, 3.63) is 59.8 Å². The lowest BCUT2D eigenvalue weighted by molar-refractivity contribution is -0.0379. The average molecular weight is 530 g/mol. The number of methoxy groups -OCH3 is 1. The predicted octanol–water partition coefficient (Wildman–Crippen LogP) is 4.19. The minimum Gasteiger partial charge on any atom is -0.496 e. The summed E-state index contributed by atoms with van der Waals surface area (Å²) in [7, 11) is 1.54. The Kier molecular flexibility index (Phi) is 8.20. The first-order valence-corrected chi connectivity index (χ1v) is 13.1. The molecule has 3 aromatic rings. The van der Waals surface area contributed by atoms with Crippen LogP contribution in [0.15, 0.2) is 48.7 Å². The van der Waals surface area contributed by atoms with Crippen LogP contribution in [-0.4, -0.2) is 73.0 Å². The maximum Gasteiger partial charge on any atom is 0.257 e. The lowest BCUT2D eigenvalue weighted by atomic mass is 10.1. The van der Waals surface area contributed by atoms with Crippen LogP contribution in [0, 0.1) is 11.3 Å². The van der Waals surface area contributed by atoms with Crippen molar-refractivity contribution in [2.75, 3.05) is 45.3 Å². The summed E-state index contributed by atoms with van der Waals surface area (Å²) in [6.07, 6.45) is 3.40. The highest BCUT2D eigenvalue weighted by molar-refractivity contribution is 5.98. The third-order valence-electron chi connectivity index (χ3n) is 6.74. The number of hydrogen-bond donors (Lipinski definition) is 1. The molecule has 0 bridgehead atoms. The highest BCUT2D eigenvalue weighted by atomic mass is 16.5. The van der Waals surface area contributed by atoms with Gasteiger partial charge in [-0.25, -0.2) is 9.97 Å². The van der Waals surface area contributed by atoms with E-state index < -0.39 is 0 Å². The molecule has 0 atom stereocenters. The van der Waals surface area contributed by atoms with Crippen molar-refractivity contribution in [3.63, 3.8) is 0 Å². The molecule has 10 heteroatoms. The number of benzene rings is 2. The summed E-state index contributed by atoms with van der Waals surface area (Å²) in [6.45, 7) is 5.07. The zero-order valence-electron chi connectivity index (χ0n) is 22.1. The number of rotatable bonds is 9. The monoisotopic (exact) mass is 529 g/mol. The molecule has 1 N–H and O–H groups in total. The molecule has 2 aliphatic heterocycles. The van der Waals surface area contributed by atoms with Crippen molar-refractivity contribution in [1.29, 1.82) is 5.26 Å². The number of ether oxygens (including phenoxy) is 4. The highest BCUT2D eigenvalue weighted by Crippen LogP contribution is 2.30. The zero-order chi connectivity index (χ0) is 27.2. The molecule has 1 aromatic heterocycles. The van der Waals surface area contributed by atoms with Gasteiger partial charge in [0.25, 0.3) is 5.91 Å². The van der Waals surface area contributed by atoms with E-state index in [9.17, 15) is 10.1 Å². The summed E-state index contributed by atoms with van der Waals surface area (Å²) < 4.78 is 22.5. The molecular formula is C29H31N5O5. The van der Waals surface area contributed by atoms with E-state index in [0.717, 1.165) is 18.4 Å². The first-order chi connectivity index (χ1) is 19.1. The number of anilines is 2. The van der Waals surface area contributed by atoms with E-state index in [0.29, 0.717) is 72.9 Å². The molecule has 39 heavy (non-hydrogen) atoms. The second-order valence-electron chi connectivity index (χ2n) is 9.35. The molecule has 0 unspecified atom stereocenters. The summed E-state index contributed by atoms with van der Waals surface area (Å²) in [6, 6.07) is 14.8. The number of aromatic nitrogens is 2. The van der Waals surface area contributed by atoms with Crippen LogP contribution in [0.3, 0.4) is 0 Å². The number of amides is 1. The van der Waals surface area contributed by atoms with Gasteiger partial charge in [-0.05, 0) is 43.3 Å². The van der Waals surface area contributed by atoms with Crippen LogP contribution in [0.25, 0.3) is 11.3 Å². The molecule has 3 heterocycles. The van der Waals surface area contributed by atoms with E-state index in [1.165, 1.54) is 7.11 Å². The van der Waals surface area contributed by atoms with Crippen molar-refractivity contribution < 1.29 is 23.7 Å². The second-order valence-corrected chi connectivity index (χ2v) is 9.35. The molecule has 2 aliphatic rings. The number of hydrogen-bond acceptors (Lipinski definition) is 9. The summed E-state index contributed by atoms with van der Waals surface area (Å²) in [5.74, 6) is 1.30. The Labute approximate surface area is 227 Å². The number of nitrogens with zero attached hydrogens (tertiary/aromatic N) is 4. The largest absolute Gasteiger partial charge is 0.496 e. The van der Waals surface area contributed by atoms with E-state index in [4.69, 9.17) is 18.9 Å². The number of nitriles is 1. The minimum atomic E-state index is -0.0925. The minimum absolute atomic E-state index is 0.0446. The van der Waals surface area contributed by atoms with Crippen molar-refractivity contribution in [1.82, 2.24) is 14.9 Å². The van der Waals surface area contributed by atoms with Gasteiger partial charge in [-0.2, -0.15) is 5.26 Å². The molecule has 0 aliphatic carbocycles. The number of nitrogens with one attached hydrogen (secondary N) is 1. The fourth-order valence-corrected chi connectivity index (χ4v) is 4.62. The third kappa shape index (κ3) is 6.11. The Balaban J connectivity index is 1.29. The maximum absolute atomic E-state index is 12.9. The van der Waals surface area contributed by atoms with E-state index >= 15 is 0 Å². The van der Waals surface area contributed by atoms with Crippen molar-refractivity contribution in [2.24, 2.45) is 0 Å². The second kappa shape index (κ2) is 12.1. The topological polar surface area (TPSA) is 119 Å². The Morgan fingerprint density at radius 3 is 2.69 bits per heavy atom. The molecule has 0 spiro atoms. The van der Waals surface area contributed by atoms with Gasteiger partial charge >= 0.3 is 0 Å². The van der Waals surface area contributed by atoms with Gasteiger partial charge in [0.1, 0.15) is 23.7 Å². The molecule has 202 valence electrons. The van der Waals surface area contributed by atoms with Crippen LogP contribution in [0.5, 0.6) is 11.5 Å². The Bertz CT molecular complexity index is 1360. The Morgan fingerprint density at radius 2 is 1.95 bits per heavy atom. The van der Waals surface area contributed by atoms with E-state index in [-0.39, 0.29) is 18.1 Å². The van der Waals surface area contributed by atoms with Crippen LogP contribution in [-0.2, 0) is 9.47 Å². The molecule has 2 aromatic carbocycles. The van der Waals surface area contributed by atoms with E-state index in [2.05, 4.69) is 21.4 Å². The number of carbonyl (C=O) groups is 1. The summed E-state index contributed by atoms with van der Waals surface area (Å²) in [5, 5.41) is 12.9. The van der Waals surface area contributed by atoms with Gasteiger partial charge < -0.3 is 29.2 Å². The van der Waals surface area contributed by atoms with Crippen LogP contribution in [0.1, 0.15) is 35.7 Å². The van der Waals surface area contributed by atoms with Crippen LogP contribution in [0.2, 0.25) is 0 Å². The van der Waals surface area contributed by atoms with Gasteiger partial charge in [0.2, 0.25) is 5.95 Å². The van der Waals surface area contributed by atoms with Gasteiger partial charge in [0, 0.05) is 56.1 Å². The lowest BCUT2D eigenvalue weighted by Crippen LogP contribution is -2.54.